The lowest BCUT2D eigenvalue weighted by molar-refractivity contribution is -0.145. The number of carbonyl (C=O) groups excluding carboxylic acids is 1. The summed E-state index contributed by atoms with van der Waals surface area (Å²) in [5, 5.41) is 3.15. The third-order valence-electron chi connectivity index (χ3n) is 6.51. The molecule has 2 saturated heterocycles. The lowest BCUT2D eigenvalue weighted by Crippen LogP contribution is -2.57. The maximum atomic E-state index is 12.8. The number of urea groups is 1. The molecule has 0 radical (unpaired) electrons. The van der Waals surface area contributed by atoms with Crippen molar-refractivity contribution in [2.45, 2.75) is 59.6 Å². The van der Waals surface area contributed by atoms with Crippen molar-refractivity contribution in [2.24, 2.45) is 0 Å². The Hall–Kier alpha value is -1.59. The third kappa shape index (κ3) is 3.60. The maximum Gasteiger partial charge on any atom is 0.317 e. The van der Waals surface area contributed by atoms with Crippen LogP contribution in [-0.2, 0) is 16.0 Å². The van der Waals surface area contributed by atoms with Crippen molar-refractivity contribution in [3.8, 4) is 0 Å². The fraction of sp³-hybridized carbons (Fsp3) is 0.667. The maximum absolute atomic E-state index is 12.8. The van der Waals surface area contributed by atoms with E-state index in [-0.39, 0.29) is 11.6 Å². The van der Waals surface area contributed by atoms with Crippen LogP contribution in [-0.4, -0.2) is 49.4 Å². The molecule has 2 aliphatic heterocycles. The van der Waals surface area contributed by atoms with Gasteiger partial charge in [-0.2, -0.15) is 0 Å². The summed E-state index contributed by atoms with van der Waals surface area (Å²) in [6, 6.07) is 0.00819. The Morgan fingerprint density at radius 3 is 2.15 bits per heavy atom. The minimum atomic E-state index is -0.212. The molecule has 2 fully saturated rings. The molecule has 1 spiro atoms. The van der Waals surface area contributed by atoms with E-state index in [9.17, 15) is 4.79 Å². The number of nitrogens with one attached hydrogen (secondary N) is 1. The van der Waals surface area contributed by atoms with Crippen molar-refractivity contribution < 1.29 is 14.3 Å². The second-order valence-electron chi connectivity index (χ2n) is 7.83. The van der Waals surface area contributed by atoms with Crippen LogP contribution in [0.2, 0.25) is 0 Å². The smallest absolute Gasteiger partial charge is 0.317 e. The van der Waals surface area contributed by atoms with Gasteiger partial charge in [0, 0.05) is 39.1 Å². The number of nitrogens with zero attached hydrogens (tertiary/aromatic N) is 1. The van der Waals surface area contributed by atoms with Gasteiger partial charge in [0.1, 0.15) is 0 Å². The number of morpholine rings is 1. The predicted octanol–water partition coefficient (Wildman–Crippen LogP) is 3.32. The van der Waals surface area contributed by atoms with Gasteiger partial charge in [0.15, 0.2) is 0 Å². The van der Waals surface area contributed by atoms with Crippen molar-refractivity contribution in [1.82, 2.24) is 10.2 Å². The van der Waals surface area contributed by atoms with E-state index >= 15 is 0 Å². The molecule has 1 N–H and O–H groups in total. The van der Waals surface area contributed by atoms with Crippen molar-refractivity contribution in [1.29, 1.82) is 0 Å². The summed E-state index contributed by atoms with van der Waals surface area (Å²) in [5.41, 5.74) is 7.60. The zero-order chi connectivity index (χ0) is 18.9. The van der Waals surface area contributed by atoms with Gasteiger partial charge in [-0.15, -0.1) is 0 Å². The molecule has 5 heteroatoms. The molecule has 3 rings (SSSR count). The van der Waals surface area contributed by atoms with Gasteiger partial charge in [-0.25, -0.2) is 4.79 Å². The first-order chi connectivity index (χ1) is 12.3. The second kappa shape index (κ2) is 7.57. The van der Waals surface area contributed by atoms with Crippen molar-refractivity contribution >= 4 is 6.03 Å². The van der Waals surface area contributed by atoms with Crippen molar-refractivity contribution in [3.05, 3.63) is 33.4 Å². The Labute approximate surface area is 157 Å². The number of carbonyl (C=O) groups is 1. The van der Waals surface area contributed by atoms with E-state index in [1.54, 1.807) is 0 Å². The van der Waals surface area contributed by atoms with Crippen LogP contribution in [0.5, 0.6) is 0 Å². The number of rotatable bonds is 2. The first-order valence-corrected chi connectivity index (χ1v) is 9.65. The molecule has 1 aromatic carbocycles. The van der Waals surface area contributed by atoms with Gasteiger partial charge >= 0.3 is 6.03 Å². The van der Waals surface area contributed by atoms with Gasteiger partial charge in [0.25, 0.3) is 0 Å². The Bertz CT molecular complexity index is 658. The van der Waals surface area contributed by atoms with Crippen LogP contribution in [0.15, 0.2) is 0 Å². The molecule has 1 aromatic rings. The molecule has 2 aliphatic rings. The van der Waals surface area contributed by atoms with Crippen LogP contribution in [0, 0.1) is 34.6 Å². The van der Waals surface area contributed by atoms with E-state index in [1.807, 2.05) is 4.90 Å². The van der Waals surface area contributed by atoms with Gasteiger partial charge < -0.3 is 19.7 Å². The predicted molar refractivity (Wildman–Crippen MR) is 103 cm³/mol. The fourth-order valence-electron chi connectivity index (χ4n) is 4.18. The molecule has 0 bridgehead atoms. The van der Waals surface area contributed by atoms with E-state index < -0.39 is 0 Å². The molecule has 0 unspecified atom stereocenters. The quantitative estimate of drug-likeness (QED) is 0.880. The highest BCUT2D eigenvalue weighted by Crippen LogP contribution is 2.29. The average molecular weight is 360 g/mol. The number of ether oxygens (including phenoxy) is 2. The van der Waals surface area contributed by atoms with Crippen LogP contribution in [0.4, 0.5) is 4.79 Å². The van der Waals surface area contributed by atoms with Gasteiger partial charge in [-0.1, -0.05) is 0 Å². The van der Waals surface area contributed by atoms with Crippen molar-refractivity contribution in [2.75, 3.05) is 32.9 Å². The molecule has 26 heavy (non-hydrogen) atoms. The third-order valence-corrected chi connectivity index (χ3v) is 6.51. The molecule has 2 heterocycles. The summed E-state index contributed by atoms with van der Waals surface area (Å²) in [7, 11) is 0. The molecule has 144 valence electrons. The van der Waals surface area contributed by atoms with E-state index in [0.29, 0.717) is 26.2 Å². The van der Waals surface area contributed by atoms with Gasteiger partial charge in [0.05, 0.1) is 18.8 Å². The lowest BCUT2D eigenvalue weighted by atomic mass is 9.89. The first kappa shape index (κ1) is 19.2. The minimum Gasteiger partial charge on any atom is -0.381 e. The van der Waals surface area contributed by atoms with Gasteiger partial charge in [-0.3, -0.25) is 0 Å². The Balaban J connectivity index is 1.68. The number of hydrogen-bond donors (Lipinski definition) is 1. The Morgan fingerprint density at radius 1 is 0.962 bits per heavy atom. The Kier molecular flexibility index (Phi) is 5.58. The molecule has 2 amide bonds. The minimum absolute atomic E-state index is 0.00819. The molecule has 0 saturated carbocycles. The Morgan fingerprint density at radius 2 is 1.54 bits per heavy atom. The van der Waals surface area contributed by atoms with Gasteiger partial charge in [-0.05, 0) is 68.0 Å². The monoisotopic (exact) mass is 360 g/mol. The van der Waals surface area contributed by atoms with E-state index in [0.717, 1.165) is 26.1 Å². The average Bonchev–Trinajstić information content (AvgIpc) is 2.65. The zero-order valence-electron chi connectivity index (χ0n) is 16.8. The molecular weight excluding hydrogens is 328 g/mol. The number of benzene rings is 1. The summed E-state index contributed by atoms with van der Waals surface area (Å²) in [6.45, 7) is 14.7. The van der Waals surface area contributed by atoms with E-state index in [2.05, 4.69) is 39.9 Å². The molecule has 0 aromatic heterocycles. The summed E-state index contributed by atoms with van der Waals surface area (Å²) < 4.78 is 11.5. The standard InChI is InChI=1S/C21H32N2O3/c1-14-15(2)17(4)19(18(5)16(14)3)12-22-20(24)23-8-11-26-21(13-23)6-9-25-10-7-21/h6-13H2,1-5H3,(H,22,24). The highest BCUT2D eigenvalue weighted by atomic mass is 16.5. The summed E-state index contributed by atoms with van der Waals surface area (Å²) in [6.07, 6.45) is 1.73. The SMILES string of the molecule is Cc1c(C)c(C)c(CNC(=O)N2CCOC3(CCOCC3)C2)c(C)c1C. The van der Waals surface area contributed by atoms with E-state index in [1.165, 1.54) is 33.4 Å². The van der Waals surface area contributed by atoms with E-state index in [4.69, 9.17) is 9.47 Å². The van der Waals surface area contributed by atoms with Crippen LogP contribution in [0.25, 0.3) is 0 Å². The van der Waals surface area contributed by atoms with Gasteiger partial charge in [0.2, 0.25) is 0 Å². The topological polar surface area (TPSA) is 50.8 Å². The highest BCUT2D eigenvalue weighted by molar-refractivity contribution is 5.74. The summed E-state index contributed by atoms with van der Waals surface area (Å²) in [5.74, 6) is 0. The zero-order valence-corrected chi connectivity index (χ0v) is 16.8. The molecule has 0 atom stereocenters. The van der Waals surface area contributed by atoms with Crippen LogP contribution in [0.3, 0.4) is 0 Å². The first-order valence-electron chi connectivity index (χ1n) is 9.65. The van der Waals surface area contributed by atoms with Crippen molar-refractivity contribution in [3.63, 3.8) is 0 Å². The number of hydrogen-bond acceptors (Lipinski definition) is 3. The van der Waals surface area contributed by atoms with Crippen LogP contribution >= 0.6 is 0 Å². The molecule has 0 aliphatic carbocycles. The number of amides is 2. The highest BCUT2D eigenvalue weighted by Gasteiger charge is 2.39. The largest absolute Gasteiger partial charge is 0.381 e. The lowest BCUT2D eigenvalue weighted by Gasteiger charge is -2.44. The summed E-state index contributed by atoms with van der Waals surface area (Å²) >= 11 is 0. The van der Waals surface area contributed by atoms with Crippen LogP contribution < -0.4 is 5.32 Å². The fourth-order valence-corrected chi connectivity index (χ4v) is 4.18. The normalized spacial score (nSPS) is 19.7. The molecule has 5 nitrogen and oxygen atoms in total. The second-order valence-corrected chi connectivity index (χ2v) is 7.83. The molecular formula is C21H32N2O3. The summed E-state index contributed by atoms with van der Waals surface area (Å²) in [4.78, 5) is 14.7. The van der Waals surface area contributed by atoms with Crippen LogP contribution in [0.1, 0.15) is 46.2 Å².